The van der Waals surface area contributed by atoms with Crippen LogP contribution in [0.25, 0.3) is 0 Å². The molecule has 1 aromatic heterocycles. The Hall–Kier alpha value is -3.27. The SMILES string of the molecule is CCOC(=O)N1CCc2c(sc(NC(=O)c3cc(OC)ccc3OC)c2C(N)=O)C1. The summed E-state index contributed by atoms with van der Waals surface area (Å²) in [6.07, 6.45) is 0.0326. The van der Waals surface area contributed by atoms with E-state index in [1.807, 2.05) is 0 Å². The molecule has 3 N–H and O–H groups in total. The van der Waals surface area contributed by atoms with Gasteiger partial charge < -0.3 is 30.2 Å². The summed E-state index contributed by atoms with van der Waals surface area (Å²) in [7, 11) is 2.96. The first kappa shape index (κ1) is 21.4. The lowest BCUT2D eigenvalue weighted by atomic mass is 10.0. The van der Waals surface area contributed by atoms with Gasteiger partial charge in [0.25, 0.3) is 11.8 Å². The maximum atomic E-state index is 12.9. The minimum Gasteiger partial charge on any atom is -0.497 e. The van der Waals surface area contributed by atoms with Crippen molar-refractivity contribution in [2.75, 3.05) is 32.7 Å². The number of anilines is 1. The topological polar surface area (TPSA) is 120 Å². The summed E-state index contributed by atoms with van der Waals surface area (Å²) in [5.41, 5.74) is 6.89. The lowest BCUT2D eigenvalue weighted by Gasteiger charge is -2.26. The molecule has 0 bridgehead atoms. The highest BCUT2D eigenvalue weighted by Crippen LogP contribution is 2.38. The second-order valence-corrected chi connectivity index (χ2v) is 7.57. The molecule has 0 unspecified atom stereocenters. The van der Waals surface area contributed by atoms with E-state index in [0.29, 0.717) is 29.5 Å². The molecule has 0 spiro atoms. The molecule has 0 saturated heterocycles. The number of hydrogen-bond donors (Lipinski definition) is 2. The summed E-state index contributed by atoms with van der Waals surface area (Å²) >= 11 is 1.22. The van der Waals surface area contributed by atoms with Crippen LogP contribution in [0.1, 0.15) is 38.1 Å². The van der Waals surface area contributed by atoms with E-state index >= 15 is 0 Å². The van der Waals surface area contributed by atoms with Gasteiger partial charge in [0.2, 0.25) is 0 Å². The van der Waals surface area contributed by atoms with Gasteiger partial charge in [-0.15, -0.1) is 11.3 Å². The van der Waals surface area contributed by atoms with Crippen molar-refractivity contribution in [1.82, 2.24) is 4.90 Å². The van der Waals surface area contributed by atoms with Gasteiger partial charge in [-0.3, -0.25) is 9.59 Å². The standard InChI is InChI=1S/C20H23N3O6S/c1-4-29-20(26)23-8-7-12-15(10-23)30-19(16(12)17(21)24)22-18(25)13-9-11(27-2)5-6-14(13)28-3/h5-6,9H,4,7-8,10H2,1-3H3,(H2,21,24)(H,22,25). The van der Waals surface area contributed by atoms with E-state index in [2.05, 4.69) is 5.32 Å². The van der Waals surface area contributed by atoms with Crippen molar-refractivity contribution in [2.24, 2.45) is 5.73 Å². The van der Waals surface area contributed by atoms with Crippen molar-refractivity contribution >= 4 is 34.2 Å². The van der Waals surface area contributed by atoms with Gasteiger partial charge in [-0.25, -0.2) is 4.79 Å². The zero-order valence-electron chi connectivity index (χ0n) is 16.9. The number of nitrogens with two attached hydrogens (primary N) is 1. The van der Waals surface area contributed by atoms with Gasteiger partial charge in [0, 0.05) is 11.4 Å². The van der Waals surface area contributed by atoms with Crippen LogP contribution in [-0.2, 0) is 17.7 Å². The molecule has 2 heterocycles. The van der Waals surface area contributed by atoms with Crippen LogP contribution in [0.2, 0.25) is 0 Å². The third-order valence-electron chi connectivity index (χ3n) is 4.71. The number of amides is 3. The summed E-state index contributed by atoms with van der Waals surface area (Å²) in [4.78, 5) is 39.5. The molecule has 3 amide bonds. The lowest BCUT2D eigenvalue weighted by Crippen LogP contribution is -2.36. The molecule has 3 rings (SSSR count). The van der Waals surface area contributed by atoms with E-state index in [4.69, 9.17) is 19.9 Å². The Morgan fingerprint density at radius 3 is 2.63 bits per heavy atom. The predicted octanol–water partition coefficient (Wildman–Crippen LogP) is 2.63. The van der Waals surface area contributed by atoms with Gasteiger partial charge in [0.15, 0.2) is 0 Å². The molecule has 10 heteroatoms. The molecule has 1 aliphatic heterocycles. The van der Waals surface area contributed by atoms with Gasteiger partial charge in [-0.1, -0.05) is 0 Å². The van der Waals surface area contributed by atoms with Gasteiger partial charge >= 0.3 is 6.09 Å². The normalized spacial score (nSPS) is 12.7. The highest BCUT2D eigenvalue weighted by molar-refractivity contribution is 7.17. The lowest BCUT2D eigenvalue weighted by molar-refractivity contribution is 0.0997. The second-order valence-electron chi connectivity index (χ2n) is 6.46. The number of carbonyl (C=O) groups is 3. The van der Waals surface area contributed by atoms with Gasteiger partial charge in [0.05, 0.1) is 38.5 Å². The molecule has 0 radical (unpaired) electrons. The number of primary amides is 1. The number of ether oxygens (including phenoxy) is 3. The number of fused-ring (bicyclic) bond motifs is 1. The third-order valence-corrected chi connectivity index (χ3v) is 5.84. The first-order valence-electron chi connectivity index (χ1n) is 9.29. The Morgan fingerprint density at radius 2 is 2.00 bits per heavy atom. The molecular weight excluding hydrogens is 410 g/mol. The van der Waals surface area contributed by atoms with Crippen LogP contribution in [0.3, 0.4) is 0 Å². The Balaban J connectivity index is 1.91. The van der Waals surface area contributed by atoms with Crippen molar-refractivity contribution < 1.29 is 28.6 Å². The molecule has 1 aromatic carbocycles. The Morgan fingerprint density at radius 1 is 1.23 bits per heavy atom. The highest BCUT2D eigenvalue weighted by Gasteiger charge is 2.30. The number of nitrogens with one attached hydrogen (secondary N) is 1. The summed E-state index contributed by atoms with van der Waals surface area (Å²) in [5, 5.41) is 3.11. The van der Waals surface area contributed by atoms with E-state index in [-0.39, 0.29) is 24.3 Å². The fourth-order valence-electron chi connectivity index (χ4n) is 3.28. The molecule has 30 heavy (non-hydrogen) atoms. The van der Waals surface area contributed by atoms with Crippen LogP contribution in [0, 0.1) is 0 Å². The number of nitrogens with zero attached hydrogens (tertiary/aromatic N) is 1. The summed E-state index contributed by atoms with van der Waals surface area (Å²) in [5.74, 6) is -0.241. The number of benzene rings is 1. The molecule has 9 nitrogen and oxygen atoms in total. The van der Waals surface area contributed by atoms with Crippen LogP contribution in [0.15, 0.2) is 18.2 Å². The molecule has 0 fully saturated rings. The Bertz CT molecular complexity index is 987. The maximum Gasteiger partial charge on any atom is 0.410 e. The van der Waals surface area contributed by atoms with Gasteiger partial charge in [-0.2, -0.15) is 0 Å². The fourth-order valence-corrected chi connectivity index (χ4v) is 4.55. The zero-order chi connectivity index (χ0) is 21.8. The Labute approximate surface area is 177 Å². The highest BCUT2D eigenvalue weighted by atomic mass is 32.1. The first-order valence-corrected chi connectivity index (χ1v) is 10.1. The average Bonchev–Trinajstić information content (AvgIpc) is 3.10. The Kier molecular flexibility index (Phi) is 6.46. The third kappa shape index (κ3) is 4.18. The molecule has 0 saturated carbocycles. The van der Waals surface area contributed by atoms with Crippen molar-refractivity contribution in [3.05, 3.63) is 39.8 Å². The van der Waals surface area contributed by atoms with Crippen molar-refractivity contribution in [3.8, 4) is 11.5 Å². The largest absolute Gasteiger partial charge is 0.497 e. The van der Waals surface area contributed by atoms with Crippen LogP contribution in [-0.4, -0.2) is 50.2 Å². The van der Waals surface area contributed by atoms with E-state index in [1.165, 1.54) is 25.6 Å². The van der Waals surface area contributed by atoms with E-state index in [9.17, 15) is 14.4 Å². The second kappa shape index (κ2) is 9.04. The zero-order valence-corrected chi connectivity index (χ0v) is 17.8. The van der Waals surface area contributed by atoms with Gasteiger partial charge in [-0.05, 0) is 37.1 Å². The maximum absolute atomic E-state index is 12.9. The van der Waals surface area contributed by atoms with Crippen LogP contribution in [0.5, 0.6) is 11.5 Å². The van der Waals surface area contributed by atoms with Gasteiger partial charge in [0.1, 0.15) is 16.5 Å². The fraction of sp³-hybridized carbons (Fsp3) is 0.350. The monoisotopic (exact) mass is 433 g/mol. The predicted molar refractivity (Wildman–Crippen MR) is 111 cm³/mol. The van der Waals surface area contributed by atoms with Crippen molar-refractivity contribution in [2.45, 2.75) is 19.9 Å². The molecule has 0 aliphatic carbocycles. The van der Waals surface area contributed by atoms with Crippen LogP contribution < -0.4 is 20.5 Å². The number of methoxy groups -OCH3 is 2. The average molecular weight is 433 g/mol. The van der Waals surface area contributed by atoms with E-state index < -0.39 is 17.9 Å². The summed E-state index contributed by atoms with van der Waals surface area (Å²) < 4.78 is 15.5. The number of hydrogen-bond acceptors (Lipinski definition) is 7. The minimum absolute atomic E-state index is 0.256. The van der Waals surface area contributed by atoms with E-state index in [0.717, 1.165) is 10.4 Å². The number of carbonyl (C=O) groups excluding carboxylic acids is 3. The molecule has 160 valence electrons. The minimum atomic E-state index is -0.634. The quantitative estimate of drug-likeness (QED) is 0.723. The van der Waals surface area contributed by atoms with Crippen molar-refractivity contribution in [1.29, 1.82) is 0 Å². The number of thiophene rings is 1. The summed E-state index contributed by atoms with van der Waals surface area (Å²) in [6, 6.07) is 4.85. The smallest absolute Gasteiger partial charge is 0.410 e. The van der Waals surface area contributed by atoms with E-state index in [1.54, 1.807) is 30.0 Å². The molecule has 0 atom stereocenters. The van der Waals surface area contributed by atoms with Crippen LogP contribution in [0.4, 0.5) is 9.80 Å². The molecular formula is C20H23N3O6S. The summed E-state index contributed by atoms with van der Waals surface area (Å²) in [6.45, 7) is 2.71. The number of rotatable bonds is 6. The molecule has 2 aromatic rings. The molecule has 1 aliphatic rings. The van der Waals surface area contributed by atoms with Crippen molar-refractivity contribution in [3.63, 3.8) is 0 Å². The van der Waals surface area contributed by atoms with Crippen LogP contribution >= 0.6 is 11.3 Å². The first-order chi connectivity index (χ1) is 14.4.